The summed E-state index contributed by atoms with van der Waals surface area (Å²) >= 11 is 0. The lowest BCUT2D eigenvalue weighted by atomic mass is 9.95. The summed E-state index contributed by atoms with van der Waals surface area (Å²) in [5.74, 6) is 0.0664. The molecule has 0 aromatic carbocycles. The Hall–Kier alpha value is -1.10. The molecule has 1 atom stereocenters. The number of amides is 1. The van der Waals surface area contributed by atoms with Crippen LogP contribution in [0.1, 0.15) is 46.0 Å². The maximum Gasteiger partial charge on any atom is 0.322 e. The number of carbonyl (C=O) groups excluding carboxylic acids is 2. The smallest absolute Gasteiger partial charge is 0.322 e. The standard InChI is InChI=1S/C15H28N2O3/c1-4-5-6-9-16-14(18)13-7-10-17(11-8-13)12(2)15(19)20-3/h12-13H,4-11H2,1-3H3,(H,16,18)/t12-/m1/s1. The fourth-order valence-corrected chi connectivity index (χ4v) is 2.60. The van der Waals surface area contributed by atoms with Crippen LogP contribution in [0.3, 0.4) is 0 Å². The average molecular weight is 284 g/mol. The highest BCUT2D eigenvalue weighted by Crippen LogP contribution is 2.19. The first-order chi connectivity index (χ1) is 9.60. The molecule has 0 saturated carbocycles. The van der Waals surface area contributed by atoms with E-state index in [2.05, 4.69) is 17.1 Å². The number of nitrogens with one attached hydrogen (secondary N) is 1. The Balaban J connectivity index is 2.27. The van der Waals surface area contributed by atoms with Gasteiger partial charge in [0.05, 0.1) is 7.11 Å². The highest BCUT2D eigenvalue weighted by atomic mass is 16.5. The molecular weight excluding hydrogens is 256 g/mol. The molecule has 1 aliphatic heterocycles. The number of unbranched alkanes of at least 4 members (excludes halogenated alkanes) is 2. The molecule has 1 rings (SSSR count). The second-order valence-electron chi connectivity index (χ2n) is 5.51. The molecule has 0 aromatic heterocycles. The predicted octanol–water partition coefficient (Wildman–Crippen LogP) is 1.57. The van der Waals surface area contributed by atoms with Crippen molar-refractivity contribution in [3.8, 4) is 0 Å². The highest BCUT2D eigenvalue weighted by molar-refractivity contribution is 5.79. The van der Waals surface area contributed by atoms with E-state index in [9.17, 15) is 9.59 Å². The van der Waals surface area contributed by atoms with Crippen LogP contribution in [0.2, 0.25) is 0 Å². The number of rotatable bonds is 7. The minimum atomic E-state index is -0.214. The van der Waals surface area contributed by atoms with E-state index in [0.717, 1.165) is 45.3 Å². The van der Waals surface area contributed by atoms with Gasteiger partial charge in [-0.05, 0) is 39.3 Å². The third-order valence-electron chi connectivity index (χ3n) is 4.07. The van der Waals surface area contributed by atoms with E-state index in [0.29, 0.717) is 0 Å². The highest BCUT2D eigenvalue weighted by Gasteiger charge is 2.29. The molecule has 1 saturated heterocycles. The van der Waals surface area contributed by atoms with E-state index in [1.54, 1.807) is 0 Å². The van der Waals surface area contributed by atoms with Gasteiger partial charge in [-0.2, -0.15) is 0 Å². The molecule has 5 nitrogen and oxygen atoms in total. The minimum Gasteiger partial charge on any atom is -0.468 e. The second-order valence-corrected chi connectivity index (χ2v) is 5.51. The van der Waals surface area contributed by atoms with E-state index in [1.807, 2.05) is 6.92 Å². The van der Waals surface area contributed by atoms with Crippen molar-refractivity contribution in [3.05, 3.63) is 0 Å². The van der Waals surface area contributed by atoms with Gasteiger partial charge in [-0.3, -0.25) is 14.5 Å². The van der Waals surface area contributed by atoms with Crippen molar-refractivity contribution < 1.29 is 14.3 Å². The Kier molecular flexibility index (Phi) is 7.59. The molecule has 0 aliphatic carbocycles. The third kappa shape index (κ3) is 5.12. The van der Waals surface area contributed by atoms with E-state index in [4.69, 9.17) is 4.74 Å². The third-order valence-corrected chi connectivity index (χ3v) is 4.07. The number of piperidine rings is 1. The molecule has 20 heavy (non-hydrogen) atoms. The van der Waals surface area contributed by atoms with Crippen LogP contribution >= 0.6 is 0 Å². The minimum absolute atomic E-state index is 0.0951. The molecule has 0 spiro atoms. The molecule has 0 unspecified atom stereocenters. The first-order valence-electron chi connectivity index (χ1n) is 7.69. The van der Waals surface area contributed by atoms with E-state index >= 15 is 0 Å². The Morgan fingerprint density at radius 3 is 2.50 bits per heavy atom. The summed E-state index contributed by atoms with van der Waals surface area (Å²) in [4.78, 5) is 25.6. The number of carbonyl (C=O) groups is 2. The van der Waals surface area contributed by atoms with E-state index < -0.39 is 0 Å². The van der Waals surface area contributed by atoms with Crippen molar-refractivity contribution >= 4 is 11.9 Å². The van der Waals surface area contributed by atoms with Gasteiger partial charge in [0.1, 0.15) is 6.04 Å². The first kappa shape index (κ1) is 17.0. The Bertz CT molecular complexity index is 312. The number of methoxy groups -OCH3 is 1. The number of nitrogens with zero attached hydrogens (tertiary/aromatic N) is 1. The lowest BCUT2D eigenvalue weighted by molar-refractivity contribution is -0.147. The van der Waals surface area contributed by atoms with Gasteiger partial charge in [0.2, 0.25) is 5.91 Å². The van der Waals surface area contributed by atoms with Crippen LogP contribution in [0.25, 0.3) is 0 Å². The zero-order valence-electron chi connectivity index (χ0n) is 13.0. The van der Waals surface area contributed by atoms with E-state index in [-0.39, 0.29) is 23.8 Å². The van der Waals surface area contributed by atoms with Gasteiger partial charge in [-0.1, -0.05) is 19.8 Å². The topological polar surface area (TPSA) is 58.6 Å². The summed E-state index contributed by atoms with van der Waals surface area (Å²) in [5, 5.41) is 3.02. The molecule has 5 heteroatoms. The molecule has 1 heterocycles. The normalized spacial score (nSPS) is 18.6. The Labute approximate surface area is 122 Å². The molecular formula is C15H28N2O3. The Morgan fingerprint density at radius 2 is 1.95 bits per heavy atom. The van der Waals surface area contributed by atoms with Gasteiger partial charge < -0.3 is 10.1 Å². The van der Waals surface area contributed by atoms with Gasteiger partial charge in [0.15, 0.2) is 0 Å². The maximum absolute atomic E-state index is 12.0. The SMILES string of the molecule is CCCCCNC(=O)C1CCN([C@H](C)C(=O)OC)CC1. The molecule has 1 fully saturated rings. The summed E-state index contributed by atoms with van der Waals surface area (Å²) in [6.07, 6.45) is 5.03. The number of hydrogen-bond acceptors (Lipinski definition) is 4. The molecule has 1 amide bonds. The van der Waals surface area contributed by atoms with Crippen LogP contribution in [0.5, 0.6) is 0 Å². The van der Waals surface area contributed by atoms with Gasteiger partial charge in [-0.15, -0.1) is 0 Å². The fraction of sp³-hybridized carbons (Fsp3) is 0.867. The lowest BCUT2D eigenvalue weighted by Gasteiger charge is -2.34. The predicted molar refractivity (Wildman–Crippen MR) is 78.3 cm³/mol. The molecule has 0 bridgehead atoms. The summed E-state index contributed by atoms with van der Waals surface area (Å²) in [6, 6.07) is -0.214. The zero-order chi connectivity index (χ0) is 15.0. The van der Waals surface area contributed by atoms with Gasteiger partial charge in [0, 0.05) is 12.5 Å². The molecule has 1 aliphatic rings. The van der Waals surface area contributed by atoms with Crippen LogP contribution in [0.4, 0.5) is 0 Å². The molecule has 0 radical (unpaired) electrons. The Morgan fingerprint density at radius 1 is 1.30 bits per heavy atom. The lowest BCUT2D eigenvalue weighted by Crippen LogP contribution is -2.47. The van der Waals surface area contributed by atoms with Crippen molar-refractivity contribution in [3.63, 3.8) is 0 Å². The van der Waals surface area contributed by atoms with Crippen LogP contribution in [0, 0.1) is 5.92 Å². The first-order valence-corrected chi connectivity index (χ1v) is 7.69. The summed E-state index contributed by atoms with van der Waals surface area (Å²) in [5.41, 5.74) is 0. The van der Waals surface area contributed by atoms with Gasteiger partial charge in [0.25, 0.3) is 0 Å². The van der Waals surface area contributed by atoms with Crippen molar-refractivity contribution in [2.45, 2.75) is 52.0 Å². The summed E-state index contributed by atoms with van der Waals surface area (Å²) in [6.45, 7) is 6.36. The van der Waals surface area contributed by atoms with E-state index in [1.165, 1.54) is 13.5 Å². The monoisotopic (exact) mass is 284 g/mol. The molecule has 116 valence electrons. The second kappa shape index (κ2) is 8.95. The quantitative estimate of drug-likeness (QED) is 0.569. The number of ether oxygens (including phenoxy) is 1. The molecule has 0 aromatic rings. The van der Waals surface area contributed by atoms with Crippen LogP contribution < -0.4 is 5.32 Å². The van der Waals surface area contributed by atoms with Crippen molar-refractivity contribution in [1.29, 1.82) is 0 Å². The largest absolute Gasteiger partial charge is 0.468 e. The number of likely N-dealkylation sites (tertiary alicyclic amines) is 1. The van der Waals surface area contributed by atoms with Crippen LogP contribution in [0.15, 0.2) is 0 Å². The van der Waals surface area contributed by atoms with Crippen molar-refractivity contribution in [1.82, 2.24) is 10.2 Å². The number of hydrogen-bond donors (Lipinski definition) is 1. The summed E-state index contributed by atoms with van der Waals surface area (Å²) < 4.78 is 4.76. The van der Waals surface area contributed by atoms with Crippen molar-refractivity contribution in [2.24, 2.45) is 5.92 Å². The maximum atomic E-state index is 12.0. The fourth-order valence-electron chi connectivity index (χ4n) is 2.60. The van der Waals surface area contributed by atoms with Crippen LogP contribution in [-0.2, 0) is 14.3 Å². The van der Waals surface area contributed by atoms with Crippen molar-refractivity contribution in [2.75, 3.05) is 26.7 Å². The average Bonchev–Trinajstić information content (AvgIpc) is 2.50. The zero-order valence-corrected chi connectivity index (χ0v) is 13.0. The van der Waals surface area contributed by atoms with Gasteiger partial charge >= 0.3 is 5.97 Å². The molecule has 1 N–H and O–H groups in total. The van der Waals surface area contributed by atoms with Crippen LogP contribution in [-0.4, -0.2) is 49.6 Å². The summed E-state index contributed by atoms with van der Waals surface area (Å²) in [7, 11) is 1.41. The van der Waals surface area contributed by atoms with Gasteiger partial charge in [-0.25, -0.2) is 0 Å². The number of esters is 1.